The highest BCUT2D eigenvalue weighted by Crippen LogP contribution is 2.50. The third kappa shape index (κ3) is 6.72. The van der Waals surface area contributed by atoms with E-state index in [1.807, 2.05) is 0 Å². The van der Waals surface area contributed by atoms with E-state index in [1.165, 1.54) is 0 Å². The lowest BCUT2D eigenvalue weighted by molar-refractivity contribution is 0.0518. The van der Waals surface area contributed by atoms with Gasteiger partial charge in [-0.15, -0.1) is 0 Å². The summed E-state index contributed by atoms with van der Waals surface area (Å²) in [6.45, 7) is 10.2. The topological polar surface area (TPSA) is 166 Å². The molecule has 1 fully saturated rings. The van der Waals surface area contributed by atoms with Gasteiger partial charge >= 0.3 is 12.2 Å². The van der Waals surface area contributed by atoms with Crippen molar-refractivity contribution in [2.24, 2.45) is 21.7 Å². The van der Waals surface area contributed by atoms with Crippen LogP contribution in [0.3, 0.4) is 0 Å². The van der Waals surface area contributed by atoms with E-state index in [9.17, 15) is 9.59 Å². The minimum Gasteiger partial charge on any atom is -0.443 e. The lowest BCUT2D eigenvalue weighted by Crippen LogP contribution is -2.47. The normalized spacial score (nSPS) is 21.5. The van der Waals surface area contributed by atoms with E-state index in [-0.39, 0.29) is 11.7 Å². The average Bonchev–Trinajstić information content (AvgIpc) is 3.39. The summed E-state index contributed by atoms with van der Waals surface area (Å²) >= 11 is 5.95. The first-order chi connectivity index (χ1) is 14.6. The van der Waals surface area contributed by atoms with Crippen LogP contribution in [0, 0.1) is 0 Å². The zero-order valence-corrected chi connectivity index (χ0v) is 19.6. The Morgan fingerprint density at radius 3 is 1.72 bits per heavy atom. The Morgan fingerprint density at radius 1 is 0.938 bits per heavy atom. The number of nitrogens with one attached hydrogen (secondary N) is 2. The van der Waals surface area contributed by atoms with E-state index >= 15 is 0 Å². The summed E-state index contributed by atoms with van der Waals surface area (Å²) in [6, 6.07) is 6.78. The molecule has 0 saturated carbocycles. The van der Waals surface area contributed by atoms with E-state index < -0.39 is 35.1 Å². The number of nitrogens with two attached hydrogens (primary N) is 2. The van der Waals surface area contributed by atoms with E-state index in [4.69, 9.17) is 37.3 Å². The number of hydrazone groups is 2. The molecule has 0 aliphatic carbocycles. The Morgan fingerprint density at radius 2 is 1.34 bits per heavy atom. The lowest BCUT2D eigenvalue weighted by atomic mass is 9.97. The largest absolute Gasteiger partial charge is 0.443 e. The van der Waals surface area contributed by atoms with Crippen LogP contribution in [0.1, 0.15) is 53.2 Å². The number of amidine groups is 2. The van der Waals surface area contributed by atoms with Gasteiger partial charge in [-0.25, -0.2) is 20.4 Å². The molecule has 6 N–H and O–H groups in total. The van der Waals surface area contributed by atoms with E-state index in [1.54, 1.807) is 65.8 Å². The van der Waals surface area contributed by atoms with Crippen LogP contribution < -0.4 is 22.3 Å². The molecule has 32 heavy (non-hydrogen) atoms. The zero-order valence-electron chi connectivity index (χ0n) is 18.9. The number of ether oxygens (including phenoxy) is 3. The van der Waals surface area contributed by atoms with Crippen molar-refractivity contribution in [3.8, 4) is 0 Å². The Labute approximate surface area is 191 Å². The fourth-order valence-electron chi connectivity index (χ4n) is 2.59. The SMILES string of the molecule is CC(C)(C)OC(=O)N/N=C(\N)C1(/C(N)=N/NC(=O)OC(C)(C)C)O[C@@H]1c1ccc(Cl)cc1. The van der Waals surface area contributed by atoms with E-state index in [0.29, 0.717) is 10.6 Å². The smallest absolute Gasteiger partial charge is 0.428 e. The first-order valence-electron chi connectivity index (χ1n) is 9.72. The highest BCUT2D eigenvalue weighted by molar-refractivity contribution is 6.30. The quantitative estimate of drug-likeness (QED) is 0.223. The number of epoxide rings is 1. The number of benzene rings is 1. The van der Waals surface area contributed by atoms with Crippen LogP contribution >= 0.6 is 11.6 Å². The van der Waals surface area contributed by atoms with Crippen molar-refractivity contribution in [2.45, 2.75) is 64.4 Å². The van der Waals surface area contributed by atoms with E-state index in [0.717, 1.165) is 0 Å². The number of hydrogen-bond donors (Lipinski definition) is 4. The van der Waals surface area contributed by atoms with Crippen molar-refractivity contribution in [1.29, 1.82) is 0 Å². The van der Waals surface area contributed by atoms with Crippen molar-refractivity contribution < 1.29 is 23.8 Å². The van der Waals surface area contributed by atoms with Gasteiger partial charge in [0, 0.05) is 5.02 Å². The van der Waals surface area contributed by atoms with Gasteiger partial charge in [-0.1, -0.05) is 23.7 Å². The molecular formula is C20H29ClN6O5. The molecule has 176 valence electrons. The molecule has 1 atom stereocenters. The molecule has 2 rings (SSSR count). The number of nitrogens with zero attached hydrogens (tertiary/aromatic N) is 2. The van der Waals surface area contributed by atoms with Crippen molar-refractivity contribution in [1.82, 2.24) is 10.9 Å². The van der Waals surface area contributed by atoms with Gasteiger partial charge in [0.15, 0.2) is 11.7 Å². The average molecular weight is 469 g/mol. The highest BCUT2D eigenvalue weighted by atomic mass is 35.5. The molecule has 0 radical (unpaired) electrons. The minimum atomic E-state index is -1.52. The molecule has 1 aliphatic heterocycles. The molecule has 0 aromatic heterocycles. The van der Waals surface area contributed by atoms with Crippen molar-refractivity contribution in [3.63, 3.8) is 0 Å². The molecule has 0 bridgehead atoms. The Hall–Kier alpha value is -3.05. The maximum absolute atomic E-state index is 11.9. The Balaban J connectivity index is 2.27. The standard InChI is InChI=1S/C20H29ClN6O5/c1-18(2,3)31-16(28)26-24-14(22)20(13(30-20)11-7-9-12(21)10-8-11)15(23)25-27-17(29)32-19(4,5)6/h7-10,13H,1-6H3,(H2,22,24)(H2,23,25)(H,26,28)(H,27,29)/t13-/m1/s1. The number of amides is 2. The Kier molecular flexibility index (Phi) is 7.26. The molecule has 0 spiro atoms. The van der Waals surface area contributed by atoms with Crippen LogP contribution in [-0.2, 0) is 14.2 Å². The molecule has 11 nitrogen and oxygen atoms in total. The molecule has 0 unspecified atom stereocenters. The summed E-state index contributed by atoms with van der Waals surface area (Å²) in [5.74, 6) is -0.397. The van der Waals surface area contributed by atoms with Crippen molar-refractivity contribution >= 4 is 35.5 Å². The molecule has 2 amide bonds. The summed E-state index contributed by atoms with van der Waals surface area (Å²) in [5.41, 5.74) is 14.3. The molecule has 1 heterocycles. The van der Waals surface area contributed by atoms with Gasteiger partial charge < -0.3 is 25.7 Å². The number of halogens is 1. The predicted molar refractivity (Wildman–Crippen MR) is 120 cm³/mol. The second-order valence-corrected chi connectivity index (χ2v) is 9.44. The maximum Gasteiger partial charge on any atom is 0.428 e. The number of hydrogen-bond acceptors (Lipinski definition) is 7. The van der Waals surface area contributed by atoms with Crippen LogP contribution in [0.4, 0.5) is 9.59 Å². The molecule has 1 saturated heterocycles. The molecule has 1 aromatic rings. The minimum absolute atomic E-state index is 0.199. The summed E-state index contributed by atoms with van der Waals surface area (Å²) < 4.78 is 16.0. The second-order valence-electron chi connectivity index (χ2n) is 9.01. The predicted octanol–water partition coefficient (Wildman–Crippen LogP) is 2.74. The van der Waals surface area contributed by atoms with Crippen LogP contribution in [-0.4, -0.2) is 40.7 Å². The van der Waals surface area contributed by atoms with Crippen molar-refractivity contribution in [2.75, 3.05) is 0 Å². The first kappa shape index (κ1) is 25.2. The first-order valence-corrected chi connectivity index (χ1v) is 10.1. The van der Waals surface area contributed by atoms with E-state index in [2.05, 4.69) is 21.1 Å². The zero-order chi connectivity index (χ0) is 24.3. The number of rotatable bonds is 5. The third-order valence-electron chi connectivity index (χ3n) is 3.88. The second kappa shape index (κ2) is 9.21. The fraction of sp³-hybridized carbons (Fsp3) is 0.500. The molecule has 1 aliphatic rings. The van der Waals surface area contributed by atoms with Crippen LogP contribution in [0.15, 0.2) is 34.5 Å². The van der Waals surface area contributed by atoms with Crippen LogP contribution in [0.5, 0.6) is 0 Å². The van der Waals surface area contributed by atoms with Gasteiger partial charge in [-0.3, -0.25) is 0 Å². The number of carbonyl (C=O) groups is 2. The van der Waals surface area contributed by atoms with Crippen LogP contribution in [0.2, 0.25) is 5.02 Å². The van der Waals surface area contributed by atoms with Crippen molar-refractivity contribution in [3.05, 3.63) is 34.9 Å². The highest BCUT2D eigenvalue weighted by Gasteiger charge is 2.64. The third-order valence-corrected chi connectivity index (χ3v) is 4.13. The summed E-state index contributed by atoms with van der Waals surface area (Å²) in [6.07, 6.45) is -2.32. The monoisotopic (exact) mass is 468 g/mol. The Bertz CT molecular complexity index is 872. The summed E-state index contributed by atoms with van der Waals surface area (Å²) in [5, 5.41) is 8.24. The number of carbonyl (C=O) groups excluding carboxylic acids is 2. The van der Waals surface area contributed by atoms with Crippen LogP contribution in [0.25, 0.3) is 0 Å². The summed E-state index contributed by atoms with van der Waals surface area (Å²) in [7, 11) is 0. The lowest BCUT2D eigenvalue weighted by Gasteiger charge is -2.19. The fourth-order valence-corrected chi connectivity index (χ4v) is 2.72. The van der Waals surface area contributed by atoms with Gasteiger partial charge in [0.2, 0.25) is 5.60 Å². The maximum atomic E-state index is 11.9. The van der Waals surface area contributed by atoms with Gasteiger partial charge in [-0.05, 0) is 59.2 Å². The van der Waals surface area contributed by atoms with Gasteiger partial charge in [0.1, 0.15) is 17.3 Å². The van der Waals surface area contributed by atoms with Gasteiger partial charge in [0.05, 0.1) is 0 Å². The van der Waals surface area contributed by atoms with Gasteiger partial charge in [0.25, 0.3) is 0 Å². The molecule has 1 aromatic carbocycles. The van der Waals surface area contributed by atoms with Gasteiger partial charge in [-0.2, -0.15) is 10.2 Å². The molecular weight excluding hydrogens is 440 g/mol. The molecule has 12 heteroatoms. The summed E-state index contributed by atoms with van der Waals surface area (Å²) in [4.78, 5) is 23.9.